The van der Waals surface area contributed by atoms with Crippen LogP contribution in [0, 0.1) is 0 Å². The Bertz CT molecular complexity index is 764. The van der Waals surface area contributed by atoms with E-state index in [-0.39, 0.29) is 5.75 Å². The summed E-state index contributed by atoms with van der Waals surface area (Å²) in [7, 11) is -1.94. The molecule has 1 heterocycles. The van der Waals surface area contributed by atoms with Gasteiger partial charge in [-0.25, -0.2) is 0 Å². The van der Waals surface area contributed by atoms with Crippen molar-refractivity contribution in [3.63, 3.8) is 0 Å². The fourth-order valence-electron chi connectivity index (χ4n) is 2.17. The highest BCUT2D eigenvalue weighted by atomic mass is 16.6. The van der Waals surface area contributed by atoms with Gasteiger partial charge in [0.25, 0.3) is 0 Å². The van der Waals surface area contributed by atoms with Gasteiger partial charge in [0.2, 0.25) is 0 Å². The van der Waals surface area contributed by atoms with Crippen molar-refractivity contribution >= 4 is 18.2 Å². The van der Waals surface area contributed by atoms with Crippen molar-refractivity contribution in [1.82, 2.24) is 4.98 Å². The van der Waals surface area contributed by atoms with Gasteiger partial charge in [-0.3, -0.25) is 4.98 Å². The van der Waals surface area contributed by atoms with Crippen LogP contribution in [0.1, 0.15) is 5.56 Å². The second kappa shape index (κ2) is 6.47. The standard InChI is InChI=1S/C16H14BNO4/c19-17(20)22-16-14(21-11-12-5-2-1-3-6-12)9-8-13-7-4-10-18-15(13)16/h1-10,19-20H,11H2. The smallest absolute Gasteiger partial charge is 0.507 e. The Balaban J connectivity index is 1.94. The molecule has 5 nitrogen and oxygen atoms in total. The van der Waals surface area contributed by atoms with Crippen LogP contribution >= 0.6 is 0 Å². The second-order valence-electron chi connectivity index (χ2n) is 4.69. The zero-order valence-corrected chi connectivity index (χ0v) is 11.7. The van der Waals surface area contributed by atoms with E-state index >= 15 is 0 Å². The number of benzene rings is 2. The molecule has 0 spiro atoms. The minimum absolute atomic E-state index is 0.212. The van der Waals surface area contributed by atoms with E-state index in [1.54, 1.807) is 18.3 Å². The lowest BCUT2D eigenvalue weighted by Gasteiger charge is -2.14. The summed E-state index contributed by atoms with van der Waals surface area (Å²) in [6, 6.07) is 16.9. The van der Waals surface area contributed by atoms with E-state index in [9.17, 15) is 0 Å². The number of ether oxygens (including phenoxy) is 1. The lowest BCUT2D eigenvalue weighted by Crippen LogP contribution is -2.21. The predicted octanol–water partition coefficient (Wildman–Crippen LogP) is 2.16. The van der Waals surface area contributed by atoms with Crippen molar-refractivity contribution < 1.29 is 19.4 Å². The Kier molecular flexibility index (Phi) is 4.23. The van der Waals surface area contributed by atoms with Gasteiger partial charge in [0.05, 0.1) is 0 Å². The summed E-state index contributed by atoms with van der Waals surface area (Å²) in [5.41, 5.74) is 1.51. The average molecular weight is 295 g/mol. The van der Waals surface area contributed by atoms with Crippen LogP contribution < -0.4 is 9.39 Å². The van der Waals surface area contributed by atoms with Crippen molar-refractivity contribution in [3.05, 3.63) is 66.4 Å². The Labute approximate surface area is 127 Å². The number of aromatic nitrogens is 1. The highest BCUT2D eigenvalue weighted by Crippen LogP contribution is 2.35. The normalized spacial score (nSPS) is 10.5. The maximum Gasteiger partial charge on any atom is 0.707 e. The Hall–Kier alpha value is -2.57. The van der Waals surface area contributed by atoms with Gasteiger partial charge in [-0.15, -0.1) is 0 Å². The fraction of sp³-hybridized carbons (Fsp3) is 0.0625. The molecule has 22 heavy (non-hydrogen) atoms. The SMILES string of the molecule is OB(O)Oc1c(OCc2ccccc2)ccc2cccnc12. The maximum atomic E-state index is 9.12. The average Bonchev–Trinajstić information content (AvgIpc) is 2.54. The quantitative estimate of drug-likeness (QED) is 0.706. The molecule has 3 rings (SSSR count). The molecule has 0 aliphatic rings. The minimum Gasteiger partial charge on any atom is -0.507 e. The monoisotopic (exact) mass is 295 g/mol. The molecule has 2 aromatic carbocycles. The highest BCUT2D eigenvalue weighted by molar-refractivity contribution is 6.34. The molecule has 0 saturated carbocycles. The number of hydrogen-bond acceptors (Lipinski definition) is 5. The summed E-state index contributed by atoms with van der Waals surface area (Å²) in [6.07, 6.45) is 1.61. The number of nitrogens with zero attached hydrogens (tertiary/aromatic N) is 1. The molecule has 1 aromatic heterocycles. The second-order valence-corrected chi connectivity index (χ2v) is 4.69. The lowest BCUT2D eigenvalue weighted by atomic mass is 10.1. The molecule has 0 unspecified atom stereocenters. The zero-order valence-electron chi connectivity index (χ0n) is 11.7. The van der Waals surface area contributed by atoms with E-state index in [0.29, 0.717) is 17.9 Å². The first-order valence-electron chi connectivity index (χ1n) is 6.81. The molecule has 6 heteroatoms. The van der Waals surface area contributed by atoms with E-state index in [4.69, 9.17) is 19.4 Å². The number of hydrogen-bond donors (Lipinski definition) is 2. The predicted molar refractivity (Wildman–Crippen MR) is 83.3 cm³/mol. The van der Waals surface area contributed by atoms with E-state index in [2.05, 4.69) is 4.98 Å². The van der Waals surface area contributed by atoms with Crippen LogP contribution in [0.2, 0.25) is 0 Å². The molecule has 0 fully saturated rings. The van der Waals surface area contributed by atoms with Crippen molar-refractivity contribution in [2.45, 2.75) is 6.61 Å². The topological polar surface area (TPSA) is 71.8 Å². The van der Waals surface area contributed by atoms with Crippen molar-refractivity contribution in [2.75, 3.05) is 0 Å². The molecule has 0 radical (unpaired) electrons. The van der Waals surface area contributed by atoms with Crippen LogP contribution in [0.4, 0.5) is 0 Å². The highest BCUT2D eigenvalue weighted by Gasteiger charge is 2.19. The molecular formula is C16H14BNO4. The van der Waals surface area contributed by atoms with Gasteiger partial charge in [0.1, 0.15) is 12.1 Å². The Morgan fingerprint density at radius 3 is 2.55 bits per heavy atom. The molecule has 0 bridgehead atoms. The van der Waals surface area contributed by atoms with E-state index in [1.807, 2.05) is 42.5 Å². The van der Waals surface area contributed by atoms with Gasteiger partial charge in [0.15, 0.2) is 11.5 Å². The summed E-state index contributed by atoms with van der Waals surface area (Å²) in [6.45, 7) is 0.344. The molecule has 110 valence electrons. The van der Waals surface area contributed by atoms with Crippen LogP contribution in [0.25, 0.3) is 10.9 Å². The Morgan fingerprint density at radius 2 is 1.77 bits per heavy atom. The summed E-state index contributed by atoms with van der Waals surface area (Å²) < 4.78 is 10.8. The maximum absolute atomic E-state index is 9.12. The molecule has 0 amide bonds. The molecule has 0 atom stereocenters. The molecular weight excluding hydrogens is 281 g/mol. The van der Waals surface area contributed by atoms with Gasteiger partial charge < -0.3 is 19.4 Å². The van der Waals surface area contributed by atoms with Crippen molar-refractivity contribution in [2.24, 2.45) is 0 Å². The third-order valence-electron chi connectivity index (χ3n) is 3.15. The van der Waals surface area contributed by atoms with Gasteiger partial charge in [0, 0.05) is 11.6 Å². The van der Waals surface area contributed by atoms with E-state index in [1.165, 1.54) is 0 Å². The van der Waals surface area contributed by atoms with Crippen LogP contribution in [0.3, 0.4) is 0 Å². The summed E-state index contributed by atoms with van der Waals surface area (Å²) in [5.74, 6) is 0.618. The molecule has 3 aromatic rings. The third kappa shape index (κ3) is 3.19. The summed E-state index contributed by atoms with van der Waals surface area (Å²) in [4.78, 5) is 4.22. The minimum atomic E-state index is -1.94. The lowest BCUT2D eigenvalue weighted by molar-refractivity contribution is 0.264. The van der Waals surface area contributed by atoms with Crippen molar-refractivity contribution in [3.8, 4) is 11.5 Å². The molecule has 0 saturated heterocycles. The number of fused-ring (bicyclic) bond motifs is 1. The number of pyridine rings is 1. The first-order valence-corrected chi connectivity index (χ1v) is 6.81. The Morgan fingerprint density at radius 1 is 0.955 bits per heavy atom. The van der Waals surface area contributed by atoms with Crippen LogP contribution in [0.5, 0.6) is 11.5 Å². The molecule has 0 aliphatic heterocycles. The fourth-order valence-corrected chi connectivity index (χ4v) is 2.17. The van der Waals surface area contributed by atoms with Gasteiger partial charge in [-0.1, -0.05) is 36.4 Å². The van der Waals surface area contributed by atoms with E-state index in [0.717, 1.165) is 10.9 Å². The summed E-state index contributed by atoms with van der Waals surface area (Å²) in [5, 5.41) is 19.1. The first-order chi connectivity index (χ1) is 10.7. The summed E-state index contributed by atoms with van der Waals surface area (Å²) >= 11 is 0. The van der Waals surface area contributed by atoms with Crippen LogP contribution in [-0.4, -0.2) is 22.4 Å². The van der Waals surface area contributed by atoms with Crippen molar-refractivity contribution in [1.29, 1.82) is 0 Å². The molecule has 0 aliphatic carbocycles. The van der Waals surface area contributed by atoms with Crippen LogP contribution in [-0.2, 0) is 6.61 Å². The van der Waals surface area contributed by atoms with E-state index < -0.39 is 7.32 Å². The van der Waals surface area contributed by atoms with Gasteiger partial charge >= 0.3 is 7.32 Å². The van der Waals surface area contributed by atoms with Gasteiger partial charge in [-0.2, -0.15) is 0 Å². The molecule has 2 N–H and O–H groups in total. The zero-order chi connectivity index (χ0) is 15.4. The largest absolute Gasteiger partial charge is 0.707 e. The first kappa shape index (κ1) is 14.4. The third-order valence-corrected chi connectivity index (χ3v) is 3.15. The van der Waals surface area contributed by atoms with Crippen LogP contribution in [0.15, 0.2) is 60.8 Å². The number of rotatable bonds is 5. The van der Waals surface area contributed by atoms with Gasteiger partial charge in [-0.05, 0) is 23.8 Å².